The molecule has 0 aliphatic carbocycles. The number of hydrogen-bond acceptors (Lipinski definition) is 3. The third-order valence-corrected chi connectivity index (χ3v) is 3.16. The van der Waals surface area contributed by atoms with Gasteiger partial charge in [0.25, 0.3) is 0 Å². The van der Waals surface area contributed by atoms with Gasteiger partial charge >= 0.3 is 5.97 Å². The number of piperidine rings is 1. The van der Waals surface area contributed by atoms with E-state index in [0.717, 1.165) is 25.3 Å². The molecular weight excluding hydrogens is 287 g/mol. The molecule has 1 aromatic carbocycles. The summed E-state index contributed by atoms with van der Waals surface area (Å²) in [5, 5.41) is 15.5. The van der Waals surface area contributed by atoms with Crippen LogP contribution in [0.25, 0.3) is 0 Å². The van der Waals surface area contributed by atoms with E-state index >= 15 is 0 Å². The van der Waals surface area contributed by atoms with Gasteiger partial charge in [0.15, 0.2) is 0 Å². The zero-order chi connectivity index (χ0) is 12.1. The summed E-state index contributed by atoms with van der Waals surface area (Å²) in [6.45, 7) is 3.09. The second-order valence-corrected chi connectivity index (χ2v) is 4.46. The second kappa shape index (κ2) is 9.02. The van der Waals surface area contributed by atoms with Gasteiger partial charge in [-0.05, 0) is 50.0 Å². The van der Waals surface area contributed by atoms with E-state index in [9.17, 15) is 4.79 Å². The zero-order valence-electron chi connectivity index (χ0n) is 10.6. The molecule has 0 atom stereocenters. The Hall–Kier alpha value is -0.970. The zero-order valence-corrected chi connectivity index (χ0v) is 12.2. The van der Waals surface area contributed by atoms with Gasteiger partial charge in [-0.1, -0.05) is 6.07 Å². The van der Waals surface area contributed by atoms with Gasteiger partial charge in [-0.3, -0.25) is 0 Å². The van der Waals surface area contributed by atoms with E-state index in [1.54, 1.807) is 18.2 Å². The molecule has 2 rings (SSSR count). The minimum absolute atomic E-state index is 0. The van der Waals surface area contributed by atoms with Crippen LogP contribution in [0.15, 0.2) is 24.3 Å². The van der Waals surface area contributed by atoms with Gasteiger partial charge in [-0.2, -0.15) is 0 Å². The number of halogens is 2. The van der Waals surface area contributed by atoms with Gasteiger partial charge in [0.1, 0.15) is 0 Å². The van der Waals surface area contributed by atoms with E-state index < -0.39 is 5.97 Å². The summed E-state index contributed by atoms with van der Waals surface area (Å²) in [7, 11) is 0. The van der Waals surface area contributed by atoms with Crippen molar-refractivity contribution in [1.29, 1.82) is 0 Å². The average molecular weight is 307 g/mol. The molecule has 1 aromatic rings. The number of hydrogen-bond donors (Lipinski definition) is 3. The van der Waals surface area contributed by atoms with Crippen LogP contribution in [-0.2, 0) is 0 Å². The number of carbonyl (C=O) groups is 1. The summed E-state index contributed by atoms with van der Waals surface area (Å²) in [5.41, 5.74) is 1.23. The standard InChI is InChI=1S/C13H18N2O2.2ClH/c16-13(17)11-2-1-3-12(8-11)15-9-10-4-6-14-7-5-10;;/h1-3,8,10,14-15H,4-7,9H2,(H,16,17);2*1H. The summed E-state index contributed by atoms with van der Waals surface area (Å²) in [5.74, 6) is -0.194. The van der Waals surface area contributed by atoms with Crippen LogP contribution in [0.2, 0.25) is 0 Å². The van der Waals surface area contributed by atoms with E-state index in [1.165, 1.54) is 12.8 Å². The Labute approximate surface area is 125 Å². The highest BCUT2D eigenvalue weighted by atomic mass is 35.5. The maximum absolute atomic E-state index is 10.8. The normalized spacial score (nSPS) is 14.9. The lowest BCUT2D eigenvalue weighted by atomic mass is 9.98. The molecule has 0 saturated carbocycles. The summed E-state index contributed by atoms with van der Waals surface area (Å²) < 4.78 is 0. The molecule has 1 saturated heterocycles. The maximum atomic E-state index is 10.8. The Balaban J connectivity index is 0.00000162. The molecule has 3 N–H and O–H groups in total. The molecular formula is C13H20Cl2N2O2. The van der Waals surface area contributed by atoms with Gasteiger partial charge in [0.05, 0.1) is 5.56 Å². The monoisotopic (exact) mass is 306 g/mol. The van der Waals surface area contributed by atoms with Crippen molar-refractivity contribution >= 4 is 36.5 Å². The van der Waals surface area contributed by atoms with Crippen LogP contribution in [0.3, 0.4) is 0 Å². The summed E-state index contributed by atoms with van der Waals surface area (Å²) in [6, 6.07) is 6.98. The van der Waals surface area contributed by atoms with Crippen molar-refractivity contribution in [2.45, 2.75) is 12.8 Å². The lowest BCUT2D eigenvalue weighted by Crippen LogP contribution is -2.31. The fraction of sp³-hybridized carbons (Fsp3) is 0.462. The summed E-state index contributed by atoms with van der Waals surface area (Å²) in [4.78, 5) is 10.8. The Bertz CT molecular complexity index is 396. The number of benzene rings is 1. The van der Waals surface area contributed by atoms with Crippen molar-refractivity contribution in [3.8, 4) is 0 Å². The lowest BCUT2D eigenvalue weighted by Gasteiger charge is -2.23. The fourth-order valence-electron chi connectivity index (χ4n) is 2.11. The second-order valence-electron chi connectivity index (χ2n) is 4.46. The van der Waals surface area contributed by atoms with E-state index in [4.69, 9.17) is 5.11 Å². The van der Waals surface area contributed by atoms with Crippen LogP contribution >= 0.6 is 24.8 Å². The quantitative estimate of drug-likeness (QED) is 0.800. The number of aromatic carboxylic acids is 1. The molecule has 0 unspecified atom stereocenters. The minimum Gasteiger partial charge on any atom is -0.478 e. The van der Waals surface area contributed by atoms with Gasteiger partial charge in [0, 0.05) is 12.2 Å². The average Bonchev–Trinajstić information content (AvgIpc) is 2.38. The molecule has 0 bridgehead atoms. The van der Waals surface area contributed by atoms with Crippen molar-refractivity contribution in [2.24, 2.45) is 5.92 Å². The number of carboxylic acid groups (broad SMARTS) is 1. The Kier molecular flexibility index (Phi) is 8.56. The van der Waals surface area contributed by atoms with Gasteiger partial charge < -0.3 is 15.7 Å². The van der Waals surface area contributed by atoms with Crippen LogP contribution in [-0.4, -0.2) is 30.7 Å². The number of rotatable bonds is 4. The number of anilines is 1. The molecule has 0 aromatic heterocycles. The molecule has 1 fully saturated rings. The van der Waals surface area contributed by atoms with Gasteiger partial charge in [-0.25, -0.2) is 4.79 Å². The predicted octanol–water partition coefficient (Wildman–Crippen LogP) is 2.64. The van der Waals surface area contributed by atoms with Crippen molar-refractivity contribution in [3.63, 3.8) is 0 Å². The topological polar surface area (TPSA) is 61.4 Å². The Morgan fingerprint density at radius 1 is 1.32 bits per heavy atom. The van der Waals surface area contributed by atoms with Gasteiger partial charge in [-0.15, -0.1) is 24.8 Å². The molecule has 1 heterocycles. The molecule has 6 heteroatoms. The van der Waals surface area contributed by atoms with E-state index in [-0.39, 0.29) is 24.8 Å². The predicted molar refractivity (Wildman–Crippen MR) is 82.0 cm³/mol. The van der Waals surface area contributed by atoms with Crippen LogP contribution in [0.4, 0.5) is 5.69 Å². The molecule has 1 aliphatic heterocycles. The first-order valence-corrected chi connectivity index (χ1v) is 6.03. The summed E-state index contributed by atoms with van der Waals surface area (Å²) >= 11 is 0. The fourth-order valence-corrected chi connectivity index (χ4v) is 2.11. The van der Waals surface area contributed by atoms with E-state index in [0.29, 0.717) is 11.5 Å². The highest BCUT2D eigenvalue weighted by Crippen LogP contribution is 2.15. The van der Waals surface area contributed by atoms with Crippen molar-refractivity contribution in [2.75, 3.05) is 25.0 Å². The van der Waals surface area contributed by atoms with Gasteiger partial charge in [0.2, 0.25) is 0 Å². The maximum Gasteiger partial charge on any atom is 0.335 e. The first-order chi connectivity index (χ1) is 8.25. The van der Waals surface area contributed by atoms with E-state index in [2.05, 4.69) is 10.6 Å². The highest BCUT2D eigenvalue weighted by Gasteiger charge is 2.12. The molecule has 4 nitrogen and oxygen atoms in total. The SMILES string of the molecule is Cl.Cl.O=C(O)c1cccc(NCC2CCNCC2)c1. The Morgan fingerprint density at radius 2 is 2.00 bits per heavy atom. The first-order valence-electron chi connectivity index (χ1n) is 6.03. The molecule has 19 heavy (non-hydrogen) atoms. The van der Waals surface area contributed by atoms with Crippen LogP contribution < -0.4 is 10.6 Å². The number of nitrogens with one attached hydrogen (secondary N) is 2. The van der Waals surface area contributed by atoms with Crippen molar-refractivity contribution in [1.82, 2.24) is 5.32 Å². The minimum atomic E-state index is -0.879. The van der Waals surface area contributed by atoms with E-state index in [1.807, 2.05) is 6.07 Å². The molecule has 108 valence electrons. The molecule has 1 aliphatic rings. The van der Waals surface area contributed by atoms with Crippen molar-refractivity contribution < 1.29 is 9.90 Å². The van der Waals surface area contributed by atoms with Crippen LogP contribution in [0, 0.1) is 5.92 Å². The largest absolute Gasteiger partial charge is 0.478 e. The number of carboxylic acids is 1. The van der Waals surface area contributed by atoms with Crippen LogP contribution in [0.1, 0.15) is 23.2 Å². The smallest absolute Gasteiger partial charge is 0.335 e. The molecule has 0 radical (unpaired) electrons. The van der Waals surface area contributed by atoms with Crippen LogP contribution in [0.5, 0.6) is 0 Å². The molecule has 0 spiro atoms. The molecule has 0 amide bonds. The highest BCUT2D eigenvalue weighted by molar-refractivity contribution is 5.88. The third-order valence-electron chi connectivity index (χ3n) is 3.16. The van der Waals surface area contributed by atoms with Crippen molar-refractivity contribution in [3.05, 3.63) is 29.8 Å². The first kappa shape index (κ1) is 18.0. The third kappa shape index (κ3) is 5.68. The summed E-state index contributed by atoms with van der Waals surface area (Å²) in [6.07, 6.45) is 2.37. The Morgan fingerprint density at radius 3 is 2.63 bits per heavy atom. The lowest BCUT2D eigenvalue weighted by molar-refractivity contribution is 0.0697.